The van der Waals surface area contributed by atoms with Gasteiger partial charge < -0.3 is 24.6 Å². The first kappa shape index (κ1) is 45.5. The number of rotatable bonds is 8. The number of anilines is 2. The average molecular weight is 1550 g/mol. The SMILES string of the molecule is O=C(Oc1c(I)cc(I)cc1I)c1ccc([S+]2c3ccccc3Oc3ccc(-c4ccc5c(c4)[S+](c4ccc(C(O)Oc6c(I)cc(I)cc6I)cc4)c4ccccc4N5)cc32)cc1. The Morgan fingerprint density at radius 1 is 0.531 bits per heavy atom. The Kier molecular flexibility index (Phi) is 13.7. The highest BCUT2D eigenvalue weighted by Crippen LogP contribution is 2.50. The predicted octanol–water partition coefficient (Wildman–Crippen LogP) is 15.6. The van der Waals surface area contributed by atoms with Crippen LogP contribution in [0.25, 0.3) is 11.1 Å². The number of aliphatic hydroxyl groups is 1. The number of nitrogens with one attached hydrogen (secondary N) is 1. The zero-order valence-electron chi connectivity index (χ0n) is 32.8. The van der Waals surface area contributed by atoms with Crippen molar-refractivity contribution in [2.45, 2.75) is 35.7 Å². The first-order valence-electron chi connectivity index (χ1n) is 19.4. The summed E-state index contributed by atoms with van der Waals surface area (Å²) in [6.45, 7) is 0. The molecule has 14 heteroatoms. The number of carbonyl (C=O) groups excluding carboxylic acids is 1. The van der Waals surface area contributed by atoms with Gasteiger partial charge in [0.1, 0.15) is 27.5 Å². The summed E-state index contributed by atoms with van der Waals surface area (Å²) in [5, 5.41) is 14.9. The minimum absolute atomic E-state index is 0.393. The molecule has 2 aliphatic rings. The van der Waals surface area contributed by atoms with Crippen LogP contribution in [0.3, 0.4) is 0 Å². The van der Waals surface area contributed by atoms with Crippen molar-refractivity contribution in [3.05, 3.63) is 190 Å². The summed E-state index contributed by atoms with van der Waals surface area (Å²) in [7, 11) is -0.979. The van der Waals surface area contributed by atoms with Crippen LogP contribution in [-0.4, -0.2) is 11.1 Å². The number of esters is 1. The second-order valence-corrected chi connectivity index (χ2v) is 25.6. The van der Waals surface area contributed by atoms with Crippen LogP contribution in [0.2, 0.25) is 0 Å². The van der Waals surface area contributed by atoms with Crippen LogP contribution < -0.4 is 19.5 Å². The van der Waals surface area contributed by atoms with Gasteiger partial charge in [0.05, 0.1) is 31.2 Å². The van der Waals surface area contributed by atoms with Crippen LogP contribution in [0, 0.1) is 21.4 Å². The quantitative estimate of drug-likeness (QED) is 0.0519. The van der Waals surface area contributed by atoms with Gasteiger partial charge in [-0.05, 0) is 256 Å². The van der Waals surface area contributed by atoms with E-state index in [2.05, 4.69) is 220 Å². The molecule has 3 atom stereocenters. The molecule has 2 heterocycles. The van der Waals surface area contributed by atoms with E-state index >= 15 is 0 Å². The Labute approximate surface area is 457 Å². The Morgan fingerprint density at radius 2 is 1.05 bits per heavy atom. The fourth-order valence-corrected chi connectivity index (χ4v) is 19.6. The highest BCUT2D eigenvalue weighted by atomic mass is 127. The third-order valence-electron chi connectivity index (χ3n) is 10.4. The minimum Gasteiger partial charge on any atom is -0.459 e. The molecular formula is C50H29I6NO5S2+2. The molecule has 8 aromatic rings. The van der Waals surface area contributed by atoms with Crippen molar-refractivity contribution in [1.82, 2.24) is 0 Å². The van der Waals surface area contributed by atoms with E-state index in [9.17, 15) is 9.90 Å². The van der Waals surface area contributed by atoms with E-state index in [0.29, 0.717) is 22.6 Å². The summed E-state index contributed by atoms with van der Waals surface area (Å²) in [4.78, 5) is 20.2. The smallest absolute Gasteiger partial charge is 0.343 e. The number of para-hydroxylation sites is 2. The summed E-state index contributed by atoms with van der Waals surface area (Å²) in [5.74, 6) is 2.49. The molecule has 10 rings (SSSR count). The summed E-state index contributed by atoms with van der Waals surface area (Å²) >= 11 is 13.5. The lowest BCUT2D eigenvalue weighted by atomic mass is 10.0. The molecule has 0 bridgehead atoms. The van der Waals surface area contributed by atoms with Crippen molar-refractivity contribution in [3.63, 3.8) is 0 Å². The van der Waals surface area contributed by atoms with Crippen LogP contribution in [0.4, 0.5) is 11.4 Å². The van der Waals surface area contributed by atoms with E-state index in [4.69, 9.17) is 14.2 Å². The van der Waals surface area contributed by atoms with Gasteiger partial charge in [-0.25, -0.2) is 4.79 Å². The third kappa shape index (κ3) is 9.17. The van der Waals surface area contributed by atoms with Crippen LogP contribution in [0.5, 0.6) is 23.0 Å². The lowest BCUT2D eigenvalue weighted by Crippen LogP contribution is -2.15. The van der Waals surface area contributed by atoms with Gasteiger partial charge in [-0.1, -0.05) is 36.4 Å². The molecule has 0 saturated heterocycles. The highest BCUT2D eigenvalue weighted by molar-refractivity contribution is 14.1. The van der Waals surface area contributed by atoms with Gasteiger partial charge in [0, 0.05) is 24.8 Å². The molecule has 8 aromatic carbocycles. The van der Waals surface area contributed by atoms with Crippen LogP contribution in [0.1, 0.15) is 22.2 Å². The van der Waals surface area contributed by atoms with Crippen molar-refractivity contribution < 1.29 is 24.1 Å². The van der Waals surface area contributed by atoms with Gasteiger partial charge in [-0.3, -0.25) is 0 Å². The second-order valence-electron chi connectivity index (χ2n) is 14.5. The Balaban J connectivity index is 0.978. The molecule has 0 aliphatic carbocycles. The largest absolute Gasteiger partial charge is 0.459 e. The first-order valence-corrected chi connectivity index (χ1v) is 28.4. The third-order valence-corrected chi connectivity index (χ3v) is 19.5. The molecule has 3 unspecified atom stereocenters. The Bertz CT molecular complexity index is 3110. The average Bonchev–Trinajstić information content (AvgIpc) is 3.29. The second kappa shape index (κ2) is 19.3. The van der Waals surface area contributed by atoms with Gasteiger partial charge in [0.15, 0.2) is 36.8 Å². The van der Waals surface area contributed by atoms with Gasteiger partial charge in [-0.15, -0.1) is 0 Å². The molecule has 0 radical (unpaired) electrons. The molecule has 64 heavy (non-hydrogen) atoms. The van der Waals surface area contributed by atoms with E-state index in [1.807, 2.05) is 78.9 Å². The van der Waals surface area contributed by atoms with E-state index in [-0.39, 0.29) is 0 Å². The Hall–Kier alpha value is -2.33. The zero-order valence-corrected chi connectivity index (χ0v) is 47.3. The van der Waals surface area contributed by atoms with E-state index in [1.165, 1.54) is 9.79 Å². The van der Waals surface area contributed by atoms with E-state index in [0.717, 1.165) is 75.0 Å². The van der Waals surface area contributed by atoms with Crippen LogP contribution >= 0.6 is 136 Å². The highest BCUT2D eigenvalue weighted by Gasteiger charge is 2.41. The fourth-order valence-electron chi connectivity index (χ4n) is 7.46. The normalized spacial score (nSPS) is 15.0. The summed E-state index contributed by atoms with van der Waals surface area (Å²) in [6, 6.07) is 53.9. The number of fused-ring (bicyclic) bond motifs is 4. The topological polar surface area (TPSA) is 77.0 Å². The maximum atomic E-state index is 13.4. The van der Waals surface area contributed by atoms with Gasteiger partial charge >= 0.3 is 5.97 Å². The molecule has 2 aliphatic heterocycles. The van der Waals surface area contributed by atoms with Crippen LogP contribution in [-0.2, 0) is 21.8 Å². The lowest BCUT2D eigenvalue weighted by Gasteiger charge is -2.23. The maximum absolute atomic E-state index is 13.4. The van der Waals surface area contributed by atoms with Gasteiger partial charge in [-0.2, -0.15) is 0 Å². The number of hydrogen-bond donors (Lipinski definition) is 2. The van der Waals surface area contributed by atoms with Gasteiger partial charge in [0.2, 0.25) is 16.1 Å². The summed E-state index contributed by atoms with van der Waals surface area (Å²) < 4.78 is 24.5. The number of benzene rings is 8. The summed E-state index contributed by atoms with van der Waals surface area (Å²) in [6.07, 6.45) is -1.12. The molecule has 0 saturated carbocycles. The van der Waals surface area contributed by atoms with Crippen LogP contribution in [0.15, 0.2) is 187 Å². The van der Waals surface area contributed by atoms with Crippen molar-refractivity contribution in [3.8, 4) is 34.1 Å². The molecule has 0 spiro atoms. The number of carbonyl (C=O) groups is 1. The monoisotopic (exact) mass is 1550 g/mol. The number of halogens is 6. The van der Waals surface area contributed by atoms with Crippen molar-refractivity contribution in [2.24, 2.45) is 0 Å². The molecule has 316 valence electrons. The first-order chi connectivity index (χ1) is 31.0. The maximum Gasteiger partial charge on any atom is 0.343 e. The van der Waals surface area contributed by atoms with Crippen molar-refractivity contribution >= 4 is 175 Å². The molecule has 0 aromatic heterocycles. The standard InChI is InChI=1S/C50H29I6NO5S2/c51-31-23-35(53)47(36(54)24-31)61-49(58)27-9-15-33(16-10-27)63-43-7-3-1-5-39(43)57-40-19-13-29(21-45(40)63)30-14-20-42-46(22-30)64(44-8-4-2-6-41(44)60-42)34-17-11-28(12-18-34)50(59)62-48-37(55)25-32(52)26-38(48)56/h1-26,49,57-58H/q+2. The molecule has 6 nitrogen and oxygen atoms in total. The number of ether oxygens (including phenoxy) is 3. The Morgan fingerprint density at radius 3 is 1.72 bits per heavy atom. The zero-order chi connectivity index (χ0) is 44.2. The molecular weight excluding hydrogens is 1520 g/mol. The van der Waals surface area contributed by atoms with E-state index in [1.54, 1.807) is 0 Å². The fraction of sp³-hybridized carbons (Fsp3) is 0.0200. The molecule has 0 amide bonds. The van der Waals surface area contributed by atoms with Crippen molar-refractivity contribution in [2.75, 3.05) is 5.32 Å². The number of hydrogen-bond acceptors (Lipinski definition) is 6. The predicted molar refractivity (Wildman–Crippen MR) is 305 cm³/mol. The summed E-state index contributed by atoms with van der Waals surface area (Å²) in [5.41, 5.74) is 5.46. The lowest BCUT2D eigenvalue weighted by molar-refractivity contribution is -0.0207. The molecule has 0 fully saturated rings. The van der Waals surface area contributed by atoms with Gasteiger partial charge in [0.25, 0.3) is 0 Å². The number of aliphatic hydroxyl groups excluding tert-OH is 1. The van der Waals surface area contributed by atoms with E-state index < -0.39 is 34.0 Å². The van der Waals surface area contributed by atoms with Crippen molar-refractivity contribution in [1.29, 1.82) is 0 Å². The minimum atomic E-state index is -1.12. The molecule has 2 N–H and O–H groups in total.